The number of nitrogens with one attached hydrogen (secondary N) is 1. The van der Waals surface area contributed by atoms with Gasteiger partial charge in [-0.1, -0.05) is 6.07 Å². The number of aryl methyl sites for hydroxylation is 1. The molecule has 1 aliphatic heterocycles. The Morgan fingerprint density at radius 3 is 3.06 bits per heavy atom. The highest BCUT2D eigenvalue weighted by molar-refractivity contribution is 7.13. The molecule has 0 aliphatic carbocycles. The third kappa shape index (κ3) is 1.79. The molecular weight excluding hydrogens is 232 g/mol. The molecular formula is C12H16N4S. The van der Waals surface area contributed by atoms with Gasteiger partial charge in [-0.25, -0.2) is 4.98 Å². The summed E-state index contributed by atoms with van der Waals surface area (Å²) in [5, 5.41) is 10.1. The average molecular weight is 248 g/mol. The summed E-state index contributed by atoms with van der Waals surface area (Å²) in [7, 11) is 1.98. The van der Waals surface area contributed by atoms with Crippen LogP contribution >= 0.6 is 11.3 Å². The Hall–Kier alpha value is -1.20. The smallest absolute Gasteiger partial charge is 0.191 e. The molecule has 3 rings (SSSR count). The summed E-state index contributed by atoms with van der Waals surface area (Å²) < 4.78 is 1.91. The normalized spacial score (nSPS) is 24.4. The van der Waals surface area contributed by atoms with E-state index in [1.807, 2.05) is 17.8 Å². The number of hydrogen-bond donors (Lipinski definition) is 1. The van der Waals surface area contributed by atoms with Crippen LogP contribution in [0.1, 0.15) is 25.6 Å². The molecule has 1 unspecified atom stereocenters. The third-order valence-corrected chi connectivity index (χ3v) is 4.23. The molecule has 2 aromatic rings. The van der Waals surface area contributed by atoms with Gasteiger partial charge in [0.1, 0.15) is 5.82 Å². The first-order chi connectivity index (χ1) is 8.19. The summed E-state index contributed by atoms with van der Waals surface area (Å²) in [5.41, 5.74) is -0.0166. The van der Waals surface area contributed by atoms with Gasteiger partial charge in [0.05, 0.1) is 10.4 Å². The van der Waals surface area contributed by atoms with E-state index in [-0.39, 0.29) is 5.54 Å². The lowest BCUT2D eigenvalue weighted by atomic mass is 9.99. The Labute approximate surface area is 105 Å². The molecule has 0 aromatic carbocycles. The van der Waals surface area contributed by atoms with Crippen molar-refractivity contribution in [2.24, 2.45) is 7.05 Å². The number of nitrogens with zero attached hydrogens (tertiary/aromatic N) is 3. The molecule has 90 valence electrons. The summed E-state index contributed by atoms with van der Waals surface area (Å²) in [6.07, 6.45) is 2.33. The summed E-state index contributed by atoms with van der Waals surface area (Å²) >= 11 is 1.68. The summed E-state index contributed by atoms with van der Waals surface area (Å²) in [6, 6.07) is 4.10. The second-order valence-corrected chi connectivity index (χ2v) is 5.67. The minimum atomic E-state index is -0.0166. The number of hydrogen-bond acceptors (Lipinski definition) is 4. The van der Waals surface area contributed by atoms with Crippen molar-refractivity contribution in [1.82, 2.24) is 20.1 Å². The van der Waals surface area contributed by atoms with Crippen LogP contribution in [-0.4, -0.2) is 21.3 Å². The molecule has 0 spiro atoms. The lowest BCUT2D eigenvalue weighted by Crippen LogP contribution is -2.36. The number of thiophene rings is 1. The van der Waals surface area contributed by atoms with Gasteiger partial charge in [0.25, 0.3) is 0 Å². The van der Waals surface area contributed by atoms with Crippen molar-refractivity contribution >= 4 is 11.3 Å². The molecule has 1 atom stereocenters. The van der Waals surface area contributed by atoms with E-state index in [0.29, 0.717) is 0 Å². The van der Waals surface area contributed by atoms with E-state index in [1.54, 1.807) is 11.3 Å². The Bertz CT molecular complexity index is 509. The summed E-state index contributed by atoms with van der Waals surface area (Å²) in [4.78, 5) is 5.84. The molecule has 0 radical (unpaired) electrons. The van der Waals surface area contributed by atoms with Gasteiger partial charge >= 0.3 is 0 Å². The molecule has 0 bridgehead atoms. The van der Waals surface area contributed by atoms with Crippen LogP contribution in [0.4, 0.5) is 0 Å². The summed E-state index contributed by atoms with van der Waals surface area (Å²) in [5.74, 6) is 1.88. The zero-order chi connectivity index (χ0) is 11.9. The quantitative estimate of drug-likeness (QED) is 0.885. The predicted octanol–water partition coefficient (Wildman–Crippen LogP) is 2.14. The molecule has 4 nitrogen and oxygen atoms in total. The van der Waals surface area contributed by atoms with Gasteiger partial charge in [-0.3, -0.25) is 4.68 Å². The van der Waals surface area contributed by atoms with Gasteiger partial charge in [0.2, 0.25) is 0 Å². The first-order valence-corrected chi connectivity index (χ1v) is 6.77. The molecule has 1 N–H and O–H groups in total. The molecule has 1 fully saturated rings. The van der Waals surface area contributed by atoms with Gasteiger partial charge in [-0.15, -0.1) is 11.3 Å². The fourth-order valence-corrected chi connectivity index (χ4v) is 3.11. The second-order valence-electron chi connectivity index (χ2n) is 4.72. The Kier molecular flexibility index (Phi) is 2.52. The molecule has 5 heteroatoms. The highest BCUT2D eigenvalue weighted by atomic mass is 32.1. The lowest BCUT2D eigenvalue weighted by molar-refractivity contribution is 0.388. The number of aromatic nitrogens is 3. The fourth-order valence-electron chi connectivity index (χ4n) is 2.46. The van der Waals surface area contributed by atoms with E-state index in [9.17, 15) is 0 Å². The van der Waals surface area contributed by atoms with Crippen molar-refractivity contribution in [1.29, 1.82) is 0 Å². The Morgan fingerprint density at radius 1 is 1.53 bits per heavy atom. The van der Waals surface area contributed by atoms with Crippen molar-refractivity contribution in [3.63, 3.8) is 0 Å². The van der Waals surface area contributed by atoms with Crippen LogP contribution in [0.3, 0.4) is 0 Å². The minimum Gasteiger partial charge on any atom is -0.305 e. The van der Waals surface area contributed by atoms with E-state index < -0.39 is 0 Å². The zero-order valence-corrected chi connectivity index (χ0v) is 10.9. The largest absolute Gasteiger partial charge is 0.305 e. The van der Waals surface area contributed by atoms with Crippen LogP contribution < -0.4 is 5.32 Å². The molecule has 0 saturated carbocycles. The molecule has 2 aromatic heterocycles. The third-order valence-electron chi connectivity index (χ3n) is 3.37. The van der Waals surface area contributed by atoms with E-state index in [4.69, 9.17) is 4.98 Å². The maximum atomic E-state index is 4.71. The van der Waals surface area contributed by atoms with Gasteiger partial charge in [-0.2, -0.15) is 5.10 Å². The fraction of sp³-hybridized carbons (Fsp3) is 0.500. The maximum Gasteiger partial charge on any atom is 0.191 e. The topological polar surface area (TPSA) is 42.7 Å². The molecule has 1 aliphatic rings. The average Bonchev–Trinajstić information content (AvgIpc) is 2.97. The van der Waals surface area contributed by atoms with Crippen LogP contribution in [0.25, 0.3) is 10.7 Å². The monoisotopic (exact) mass is 248 g/mol. The standard InChI is InChI=1S/C12H16N4S/c1-12(6-4-7-13-12)11-14-10(15-16(11)2)9-5-3-8-17-9/h3,5,8,13H,4,6-7H2,1-2H3. The van der Waals surface area contributed by atoms with E-state index in [0.717, 1.165) is 29.5 Å². The first-order valence-electron chi connectivity index (χ1n) is 5.89. The SMILES string of the molecule is Cn1nc(-c2cccs2)nc1C1(C)CCCN1. The van der Waals surface area contributed by atoms with Crippen molar-refractivity contribution in [2.45, 2.75) is 25.3 Å². The van der Waals surface area contributed by atoms with Gasteiger partial charge in [0.15, 0.2) is 5.82 Å². The van der Waals surface area contributed by atoms with Crippen LogP contribution in [-0.2, 0) is 12.6 Å². The highest BCUT2D eigenvalue weighted by Gasteiger charge is 2.34. The van der Waals surface area contributed by atoms with Crippen LogP contribution in [0.15, 0.2) is 17.5 Å². The van der Waals surface area contributed by atoms with Gasteiger partial charge in [-0.05, 0) is 37.8 Å². The van der Waals surface area contributed by atoms with Gasteiger partial charge in [0, 0.05) is 7.05 Å². The minimum absolute atomic E-state index is 0.0166. The molecule has 1 saturated heterocycles. The predicted molar refractivity (Wildman–Crippen MR) is 68.9 cm³/mol. The number of rotatable bonds is 2. The maximum absolute atomic E-state index is 4.71. The zero-order valence-electron chi connectivity index (χ0n) is 10.1. The van der Waals surface area contributed by atoms with Crippen LogP contribution in [0.2, 0.25) is 0 Å². The summed E-state index contributed by atoms with van der Waals surface area (Å²) in [6.45, 7) is 3.28. The Balaban J connectivity index is 2.01. The Morgan fingerprint density at radius 2 is 2.41 bits per heavy atom. The van der Waals surface area contributed by atoms with Gasteiger partial charge < -0.3 is 5.32 Å². The lowest BCUT2D eigenvalue weighted by Gasteiger charge is -2.22. The first kappa shape index (κ1) is 10.9. The van der Waals surface area contributed by atoms with E-state index >= 15 is 0 Å². The van der Waals surface area contributed by atoms with Crippen molar-refractivity contribution < 1.29 is 0 Å². The molecule has 0 amide bonds. The van der Waals surface area contributed by atoms with Crippen LogP contribution in [0.5, 0.6) is 0 Å². The van der Waals surface area contributed by atoms with Crippen molar-refractivity contribution in [2.75, 3.05) is 6.54 Å². The van der Waals surface area contributed by atoms with E-state index in [1.165, 1.54) is 6.42 Å². The van der Waals surface area contributed by atoms with E-state index in [2.05, 4.69) is 28.8 Å². The van der Waals surface area contributed by atoms with Crippen LogP contribution in [0, 0.1) is 0 Å². The van der Waals surface area contributed by atoms with Crippen molar-refractivity contribution in [3.8, 4) is 10.7 Å². The highest BCUT2D eigenvalue weighted by Crippen LogP contribution is 2.30. The van der Waals surface area contributed by atoms with Crippen molar-refractivity contribution in [3.05, 3.63) is 23.3 Å². The molecule has 17 heavy (non-hydrogen) atoms. The second kappa shape index (κ2) is 3.92. The molecule has 3 heterocycles.